The summed E-state index contributed by atoms with van der Waals surface area (Å²) in [4.78, 5) is 22.8. The van der Waals surface area contributed by atoms with E-state index in [1.165, 1.54) is 31.2 Å². The van der Waals surface area contributed by atoms with Gasteiger partial charge in [0.1, 0.15) is 11.3 Å². The van der Waals surface area contributed by atoms with Crippen LogP contribution < -0.4 is 10.1 Å². The maximum atomic E-state index is 14.1. The third-order valence-corrected chi connectivity index (χ3v) is 6.62. The van der Waals surface area contributed by atoms with E-state index in [2.05, 4.69) is 5.32 Å². The number of carbonyl (C=O) groups excluding carboxylic acids is 1. The molecule has 0 radical (unpaired) electrons. The van der Waals surface area contributed by atoms with Gasteiger partial charge in [-0.05, 0) is 67.5 Å². The normalized spacial score (nSPS) is 20.6. The van der Waals surface area contributed by atoms with Gasteiger partial charge in [-0.15, -0.1) is 0 Å². The topological polar surface area (TPSA) is 75.6 Å². The minimum atomic E-state index is -4.80. The summed E-state index contributed by atoms with van der Waals surface area (Å²) in [7, 11) is 0. The maximum absolute atomic E-state index is 14.1. The summed E-state index contributed by atoms with van der Waals surface area (Å²) in [6, 6.07) is 6.66. The highest BCUT2D eigenvalue weighted by Gasteiger charge is 2.43. The van der Waals surface area contributed by atoms with Crippen molar-refractivity contribution in [3.63, 3.8) is 0 Å². The molecule has 5 nitrogen and oxygen atoms in total. The van der Waals surface area contributed by atoms with Crippen LogP contribution in [0.1, 0.15) is 63.5 Å². The molecule has 0 aliphatic heterocycles. The first-order valence-electron chi connectivity index (χ1n) is 11.5. The molecular weight excluding hydrogens is 492 g/mol. The van der Waals surface area contributed by atoms with Gasteiger partial charge in [0.05, 0.1) is 17.6 Å². The highest BCUT2D eigenvalue weighted by Crippen LogP contribution is 2.44. The minimum absolute atomic E-state index is 0.00288. The fourth-order valence-electron chi connectivity index (χ4n) is 4.76. The summed E-state index contributed by atoms with van der Waals surface area (Å²) in [6.07, 6.45) is -10.6. The molecule has 3 rings (SSSR count). The Bertz CT molecular complexity index is 1120. The monoisotopic (exact) mass is 519 g/mol. The molecule has 1 aliphatic rings. The van der Waals surface area contributed by atoms with Crippen molar-refractivity contribution in [1.29, 1.82) is 0 Å². The van der Waals surface area contributed by atoms with Gasteiger partial charge in [-0.2, -0.15) is 26.3 Å². The van der Waals surface area contributed by atoms with Crippen LogP contribution in [0.2, 0.25) is 0 Å². The number of alkyl halides is 6. The van der Waals surface area contributed by atoms with Crippen LogP contribution in [0.5, 0.6) is 5.75 Å². The fourth-order valence-corrected chi connectivity index (χ4v) is 4.76. The molecule has 2 aromatic carbocycles. The Kier molecular flexibility index (Phi) is 7.80. The molecule has 0 spiro atoms. The standard InChI is InChI=1S/C25H27F6NO4/c1-14(33)32-23(2,12-11-21(34)35)17-6-9-19-15(13-17)3-10-20(22(19)25(29,30)31)36-18-7-4-16(5-8-18)24(26,27)28/h3,6,9-10,13,16,18H,4-5,7-8,11-12H2,1-2H3,(H,32,33)(H,34,35)/t16-,18+,23?. The Balaban J connectivity index is 1.96. The number of rotatable bonds is 7. The van der Waals surface area contributed by atoms with E-state index < -0.39 is 53.1 Å². The van der Waals surface area contributed by atoms with Crippen LogP contribution >= 0.6 is 0 Å². The summed E-state index contributed by atoms with van der Waals surface area (Å²) in [5.74, 6) is -3.44. The van der Waals surface area contributed by atoms with E-state index in [9.17, 15) is 35.9 Å². The number of aliphatic carboxylic acids is 1. The second kappa shape index (κ2) is 10.2. The zero-order valence-corrected chi connectivity index (χ0v) is 19.7. The predicted molar refractivity (Wildman–Crippen MR) is 119 cm³/mol. The van der Waals surface area contributed by atoms with E-state index in [4.69, 9.17) is 9.84 Å². The van der Waals surface area contributed by atoms with Crippen LogP contribution in [0.4, 0.5) is 26.3 Å². The second-order valence-electron chi connectivity index (χ2n) is 9.41. The quantitative estimate of drug-likeness (QED) is 0.406. The molecule has 1 aliphatic carbocycles. The summed E-state index contributed by atoms with van der Waals surface area (Å²) in [6.45, 7) is 2.85. The van der Waals surface area contributed by atoms with Crippen LogP contribution in [-0.4, -0.2) is 29.3 Å². The summed E-state index contributed by atoms with van der Waals surface area (Å²) >= 11 is 0. The largest absolute Gasteiger partial charge is 0.490 e. The van der Waals surface area contributed by atoms with Crippen molar-refractivity contribution < 1.29 is 45.8 Å². The predicted octanol–water partition coefficient (Wildman–Crippen LogP) is 6.57. The van der Waals surface area contributed by atoms with Gasteiger partial charge >= 0.3 is 18.3 Å². The molecule has 2 N–H and O–H groups in total. The lowest BCUT2D eigenvalue weighted by Gasteiger charge is -2.32. The van der Waals surface area contributed by atoms with E-state index in [1.807, 2.05) is 0 Å². The number of fused-ring (bicyclic) bond motifs is 1. The molecule has 1 amide bonds. The molecule has 11 heteroatoms. The number of benzene rings is 2. The van der Waals surface area contributed by atoms with Crippen molar-refractivity contribution in [3.05, 3.63) is 41.5 Å². The lowest BCUT2D eigenvalue weighted by atomic mass is 9.85. The smallest absolute Gasteiger partial charge is 0.420 e. The van der Waals surface area contributed by atoms with E-state index in [0.29, 0.717) is 5.56 Å². The highest BCUT2D eigenvalue weighted by molar-refractivity contribution is 5.89. The van der Waals surface area contributed by atoms with Gasteiger partial charge in [-0.3, -0.25) is 9.59 Å². The first-order chi connectivity index (χ1) is 16.6. The molecule has 2 aromatic rings. The first kappa shape index (κ1) is 27.6. The molecule has 0 bridgehead atoms. The van der Waals surface area contributed by atoms with Gasteiger partial charge in [-0.1, -0.05) is 18.2 Å². The van der Waals surface area contributed by atoms with Crippen LogP contribution in [0.15, 0.2) is 30.3 Å². The lowest BCUT2D eigenvalue weighted by Crippen LogP contribution is -2.42. The summed E-state index contributed by atoms with van der Waals surface area (Å²) < 4.78 is 86.7. The average Bonchev–Trinajstić information content (AvgIpc) is 2.75. The van der Waals surface area contributed by atoms with Gasteiger partial charge in [0, 0.05) is 13.3 Å². The van der Waals surface area contributed by atoms with Crippen molar-refractivity contribution in [1.82, 2.24) is 5.32 Å². The van der Waals surface area contributed by atoms with Crippen molar-refractivity contribution in [3.8, 4) is 5.75 Å². The first-order valence-corrected chi connectivity index (χ1v) is 11.5. The molecule has 1 saturated carbocycles. The Hall–Kier alpha value is -2.98. The number of hydrogen-bond donors (Lipinski definition) is 2. The molecule has 1 unspecified atom stereocenters. The SMILES string of the molecule is CC(=O)NC(C)(CCC(=O)O)c1ccc2c(C(F)(F)F)c(O[C@H]3CC[C@@H](C(F)(F)F)CC3)ccc2c1. The van der Waals surface area contributed by atoms with E-state index >= 15 is 0 Å². The number of nitrogens with one attached hydrogen (secondary N) is 1. The van der Waals surface area contributed by atoms with Crippen molar-refractivity contribution in [2.24, 2.45) is 5.92 Å². The Morgan fingerprint density at radius 1 is 1.03 bits per heavy atom. The van der Waals surface area contributed by atoms with E-state index in [1.54, 1.807) is 6.92 Å². The number of carboxylic acid groups (broad SMARTS) is 1. The Morgan fingerprint density at radius 3 is 2.19 bits per heavy atom. The van der Waals surface area contributed by atoms with Crippen LogP contribution in [0.25, 0.3) is 10.8 Å². The molecule has 1 atom stereocenters. The van der Waals surface area contributed by atoms with Crippen LogP contribution in [-0.2, 0) is 21.3 Å². The number of ether oxygens (including phenoxy) is 1. The van der Waals surface area contributed by atoms with Gasteiger partial charge in [0.25, 0.3) is 0 Å². The van der Waals surface area contributed by atoms with E-state index in [-0.39, 0.29) is 49.3 Å². The minimum Gasteiger partial charge on any atom is -0.490 e. The zero-order valence-electron chi connectivity index (χ0n) is 19.7. The summed E-state index contributed by atoms with van der Waals surface area (Å²) in [5.41, 5.74) is -1.74. The third kappa shape index (κ3) is 6.41. The zero-order chi connectivity index (χ0) is 26.9. The molecule has 0 heterocycles. The maximum Gasteiger partial charge on any atom is 0.420 e. The molecule has 36 heavy (non-hydrogen) atoms. The molecule has 0 saturated heterocycles. The van der Waals surface area contributed by atoms with Crippen molar-refractivity contribution in [2.45, 2.75) is 76.4 Å². The molecular formula is C25H27F6NO4. The number of carboxylic acids is 1. The van der Waals surface area contributed by atoms with Crippen LogP contribution in [0, 0.1) is 5.92 Å². The highest BCUT2D eigenvalue weighted by atomic mass is 19.4. The number of hydrogen-bond acceptors (Lipinski definition) is 3. The van der Waals surface area contributed by atoms with Crippen molar-refractivity contribution >= 4 is 22.6 Å². The van der Waals surface area contributed by atoms with Gasteiger partial charge in [0.15, 0.2) is 0 Å². The second-order valence-corrected chi connectivity index (χ2v) is 9.41. The summed E-state index contributed by atoms with van der Waals surface area (Å²) in [5, 5.41) is 11.8. The van der Waals surface area contributed by atoms with Gasteiger partial charge in [0.2, 0.25) is 5.91 Å². The molecule has 198 valence electrons. The van der Waals surface area contributed by atoms with Crippen LogP contribution in [0.3, 0.4) is 0 Å². The third-order valence-electron chi connectivity index (χ3n) is 6.62. The fraction of sp³-hybridized carbons (Fsp3) is 0.520. The Morgan fingerprint density at radius 2 is 1.67 bits per heavy atom. The number of amides is 1. The van der Waals surface area contributed by atoms with Crippen molar-refractivity contribution in [2.75, 3.05) is 0 Å². The number of halogens is 6. The molecule has 0 aromatic heterocycles. The number of carbonyl (C=O) groups is 2. The van der Waals surface area contributed by atoms with Gasteiger partial charge < -0.3 is 15.2 Å². The van der Waals surface area contributed by atoms with Gasteiger partial charge in [-0.25, -0.2) is 0 Å². The average molecular weight is 519 g/mol. The molecule has 1 fully saturated rings. The lowest BCUT2D eigenvalue weighted by molar-refractivity contribution is -0.185. The Labute approximate surface area is 203 Å². The van der Waals surface area contributed by atoms with E-state index in [0.717, 1.165) is 6.07 Å².